The molecule has 10 heteroatoms. The van der Waals surface area contributed by atoms with Crippen molar-refractivity contribution in [2.45, 2.75) is 6.54 Å². The number of carbonyl (C=O) groups excluding carboxylic acids is 2. The van der Waals surface area contributed by atoms with Crippen LogP contribution in [-0.2, 0) is 18.3 Å². The molecular weight excluding hydrogens is 446 g/mol. The molecule has 2 heterocycles. The van der Waals surface area contributed by atoms with Gasteiger partial charge in [-0.05, 0) is 33.6 Å². The monoisotopic (exact) mass is 461 g/mol. The topological polar surface area (TPSA) is 127 Å². The normalized spacial score (nSPS) is 10.7. The number of halogens is 1. The number of carbonyl (C=O) groups is 2. The number of nitrogen functional groups attached to an aromatic ring is 1. The summed E-state index contributed by atoms with van der Waals surface area (Å²) in [6.45, 7) is -0.666. The first-order chi connectivity index (χ1) is 13.8. The van der Waals surface area contributed by atoms with Crippen molar-refractivity contribution in [3.63, 3.8) is 0 Å². The van der Waals surface area contributed by atoms with Gasteiger partial charge in [0.25, 0.3) is 5.56 Å². The van der Waals surface area contributed by atoms with Crippen molar-refractivity contribution >= 4 is 33.5 Å². The molecule has 0 saturated heterocycles. The van der Waals surface area contributed by atoms with Crippen LogP contribution < -0.4 is 17.0 Å². The molecule has 3 aromatic rings. The highest BCUT2D eigenvalue weighted by molar-refractivity contribution is 9.10. The minimum absolute atomic E-state index is 0.0696. The SMILES string of the molecule is Cn1c(=O)c(C(=O)COC(=O)c2ccc(Br)o2)c(N)n(Cc2ccccc2)c1=O. The molecule has 0 atom stereocenters. The molecule has 0 bridgehead atoms. The summed E-state index contributed by atoms with van der Waals surface area (Å²) in [7, 11) is 1.24. The van der Waals surface area contributed by atoms with Crippen molar-refractivity contribution < 1.29 is 18.7 Å². The standard InChI is InChI=1S/C19H16BrN3O6/c1-22-17(25)15(12(24)10-28-18(26)13-7-8-14(20)29-13)16(21)23(19(22)27)9-11-5-3-2-4-6-11/h2-8H,9-10,21H2,1H3. The van der Waals surface area contributed by atoms with Gasteiger partial charge in [0.2, 0.25) is 11.5 Å². The Bertz CT molecular complexity index is 1190. The second-order valence-electron chi connectivity index (χ2n) is 6.08. The van der Waals surface area contributed by atoms with Crippen LogP contribution in [0.3, 0.4) is 0 Å². The fraction of sp³-hybridized carbons (Fsp3) is 0.158. The van der Waals surface area contributed by atoms with Crippen LogP contribution in [-0.4, -0.2) is 27.5 Å². The van der Waals surface area contributed by atoms with Crippen LogP contribution in [0, 0.1) is 0 Å². The van der Waals surface area contributed by atoms with E-state index in [1.54, 1.807) is 24.3 Å². The molecule has 2 N–H and O–H groups in total. The minimum Gasteiger partial charge on any atom is -0.451 e. The highest BCUT2D eigenvalue weighted by atomic mass is 79.9. The number of furan rings is 1. The van der Waals surface area contributed by atoms with Crippen LogP contribution in [0.25, 0.3) is 0 Å². The number of anilines is 1. The number of hydrogen-bond donors (Lipinski definition) is 1. The molecule has 3 rings (SSSR count). The first-order valence-corrected chi connectivity index (χ1v) is 9.17. The summed E-state index contributed by atoms with van der Waals surface area (Å²) in [6.07, 6.45) is 0. The van der Waals surface area contributed by atoms with E-state index in [-0.39, 0.29) is 18.1 Å². The second kappa shape index (κ2) is 8.31. The van der Waals surface area contributed by atoms with Crippen LogP contribution in [0.2, 0.25) is 0 Å². The second-order valence-corrected chi connectivity index (χ2v) is 6.86. The van der Waals surface area contributed by atoms with E-state index in [2.05, 4.69) is 15.9 Å². The van der Waals surface area contributed by atoms with Crippen molar-refractivity contribution in [1.82, 2.24) is 9.13 Å². The van der Waals surface area contributed by atoms with Crippen molar-refractivity contribution in [3.05, 3.63) is 84.9 Å². The average Bonchev–Trinajstić information content (AvgIpc) is 3.15. The fourth-order valence-corrected chi connectivity index (χ4v) is 2.97. The average molecular weight is 462 g/mol. The number of hydrogen-bond acceptors (Lipinski definition) is 7. The molecule has 0 unspecified atom stereocenters. The Labute approximate surface area is 172 Å². The maximum atomic E-state index is 12.6. The molecule has 1 aromatic carbocycles. The summed E-state index contributed by atoms with van der Waals surface area (Å²) in [5.74, 6) is -2.11. The quantitative estimate of drug-likeness (QED) is 0.435. The molecule has 0 spiro atoms. The maximum Gasteiger partial charge on any atom is 0.374 e. The van der Waals surface area contributed by atoms with E-state index in [4.69, 9.17) is 14.9 Å². The number of esters is 1. The highest BCUT2D eigenvalue weighted by Gasteiger charge is 2.23. The molecular formula is C19H16BrN3O6. The lowest BCUT2D eigenvalue weighted by molar-refractivity contribution is 0.0442. The summed E-state index contributed by atoms with van der Waals surface area (Å²) in [5.41, 5.74) is 4.80. The number of nitrogens with zero attached hydrogens (tertiary/aromatic N) is 2. The van der Waals surface area contributed by atoms with Gasteiger partial charge < -0.3 is 14.9 Å². The van der Waals surface area contributed by atoms with Gasteiger partial charge in [-0.15, -0.1) is 0 Å². The number of rotatable bonds is 6. The summed E-state index contributed by atoms with van der Waals surface area (Å²) in [5, 5.41) is 0. The first-order valence-electron chi connectivity index (χ1n) is 8.38. The van der Waals surface area contributed by atoms with Gasteiger partial charge in [-0.3, -0.25) is 18.7 Å². The summed E-state index contributed by atoms with van der Waals surface area (Å²) >= 11 is 3.05. The van der Waals surface area contributed by atoms with E-state index in [9.17, 15) is 19.2 Å². The van der Waals surface area contributed by atoms with Crippen molar-refractivity contribution in [2.75, 3.05) is 12.3 Å². The van der Waals surface area contributed by atoms with E-state index in [0.717, 1.165) is 14.7 Å². The predicted octanol–water partition coefficient (Wildman–Crippen LogP) is 1.57. The Morgan fingerprint density at radius 2 is 1.83 bits per heavy atom. The lowest BCUT2D eigenvalue weighted by Crippen LogP contribution is -2.43. The van der Waals surface area contributed by atoms with E-state index in [0.29, 0.717) is 4.67 Å². The number of aromatic nitrogens is 2. The summed E-state index contributed by atoms with van der Waals surface area (Å²) in [4.78, 5) is 49.4. The van der Waals surface area contributed by atoms with Crippen molar-refractivity contribution in [2.24, 2.45) is 7.05 Å². The van der Waals surface area contributed by atoms with Crippen molar-refractivity contribution in [1.29, 1.82) is 0 Å². The maximum absolute atomic E-state index is 12.6. The zero-order chi connectivity index (χ0) is 21.1. The van der Waals surface area contributed by atoms with Gasteiger partial charge in [0, 0.05) is 7.05 Å². The largest absolute Gasteiger partial charge is 0.451 e. The Hall–Kier alpha value is -3.40. The molecule has 0 aliphatic rings. The Kier molecular flexibility index (Phi) is 5.83. The first kappa shape index (κ1) is 20.3. The molecule has 2 aromatic heterocycles. The summed E-state index contributed by atoms with van der Waals surface area (Å²) in [6, 6.07) is 11.8. The van der Waals surface area contributed by atoms with Gasteiger partial charge in [-0.1, -0.05) is 30.3 Å². The molecule has 0 radical (unpaired) electrons. The molecule has 150 valence electrons. The van der Waals surface area contributed by atoms with E-state index in [1.807, 2.05) is 6.07 Å². The zero-order valence-electron chi connectivity index (χ0n) is 15.3. The van der Waals surface area contributed by atoms with Gasteiger partial charge in [0.15, 0.2) is 11.3 Å². The number of nitrogens with two attached hydrogens (primary N) is 1. The third kappa shape index (κ3) is 4.21. The number of ketones is 1. The van der Waals surface area contributed by atoms with Gasteiger partial charge >= 0.3 is 11.7 Å². The third-order valence-corrected chi connectivity index (χ3v) is 4.58. The van der Waals surface area contributed by atoms with Crippen LogP contribution in [0.1, 0.15) is 26.5 Å². The van der Waals surface area contributed by atoms with E-state index < -0.39 is 35.2 Å². The lowest BCUT2D eigenvalue weighted by atomic mass is 10.2. The summed E-state index contributed by atoms with van der Waals surface area (Å²) < 4.78 is 12.2. The molecule has 0 fully saturated rings. The lowest BCUT2D eigenvalue weighted by Gasteiger charge is -2.14. The molecule has 0 aliphatic carbocycles. The smallest absolute Gasteiger partial charge is 0.374 e. The van der Waals surface area contributed by atoms with Gasteiger partial charge in [0.05, 0.1) is 6.54 Å². The number of benzene rings is 1. The van der Waals surface area contributed by atoms with E-state index in [1.165, 1.54) is 19.2 Å². The molecule has 0 saturated carbocycles. The van der Waals surface area contributed by atoms with Crippen LogP contribution in [0.5, 0.6) is 0 Å². The molecule has 0 aliphatic heterocycles. The zero-order valence-corrected chi connectivity index (χ0v) is 16.8. The van der Waals surface area contributed by atoms with Crippen LogP contribution in [0.15, 0.2) is 61.1 Å². The molecule has 9 nitrogen and oxygen atoms in total. The fourth-order valence-electron chi connectivity index (χ4n) is 2.66. The third-order valence-electron chi connectivity index (χ3n) is 4.15. The van der Waals surface area contributed by atoms with Crippen LogP contribution >= 0.6 is 15.9 Å². The Morgan fingerprint density at radius 3 is 2.45 bits per heavy atom. The van der Waals surface area contributed by atoms with Gasteiger partial charge in [0.1, 0.15) is 11.4 Å². The highest BCUT2D eigenvalue weighted by Crippen LogP contribution is 2.15. The number of Topliss-reactive ketones (excluding diaryl/α,β-unsaturated/α-hetero) is 1. The minimum atomic E-state index is -0.878. The van der Waals surface area contributed by atoms with Gasteiger partial charge in [-0.2, -0.15) is 0 Å². The van der Waals surface area contributed by atoms with Crippen LogP contribution in [0.4, 0.5) is 5.82 Å². The predicted molar refractivity (Wildman–Crippen MR) is 107 cm³/mol. The van der Waals surface area contributed by atoms with Crippen molar-refractivity contribution in [3.8, 4) is 0 Å². The Balaban J connectivity index is 1.90. The van der Waals surface area contributed by atoms with Gasteiger partial charge in [-0.25, -0.2) is 9.59 Å². The molecule has 0 amide bonds. The van der Waals surface area contributed by atoms with E-state index >= 15 is 0 Å². The Morgan fingerprint density at radius 1 is 1.14 bits per heavy atom. The number of ether oxygens (including phenoxy) is 1. The molecule has 29 heavy (non-hydrogen) atoms.